The zero-order valence-electron chi connectivity index (χ0n) is 13.3. The van der Waals surface area contributed by atoms with E-state index in [1.807, 2.05) is 38.5 Å². The Bertz CT molecular complexity index is 988. The number of fused-ring (bicyclic) bond motifs is 5. The van der Waals surface area contributed by atoms with Crippen LogP contribution >= 0.6 is 0 Å². The van der Waals surface area contributed by atoms with E-state index in [-0.39, 0.29) is 0 Å². The molecule has 0 fully saturated rings. The molecule has 0 radical (unpaired) electrons. The van der Waals surface area contributed by atoms with Gasteiger partial charge >= 0.3 is 0 Å². The molecular formula is C19H19N3O. The Hall–Kier alpha value is -2.59. The Morgan fingerprint density at radius 3 is 2.78 bits per heavy atom. The summed E-state index contributed by atoms with van der Waals surface area (Å²) in [6.45, 7) is 1.57. The first-order valence-corrected chi connectivity index (χ1v) is 7.79. The second kappa shape index (κ2) is 5.56. The first-order chi connectivity index (χ1) is 11.2. The van der Waals surface area contributed by atoms with E-state index in [1.54, 1.807) is 0 Å². The Kier molecular flexibility index (Phi) is 3.39. The first kappa shape index (κ1) is 14.0. The van der Waals surface area contributed by atoms with E-state index in [4.69, 9.17) is 4.74 Å². The van der Waals surface area contributed by atoms with Gasteiger partial charge in [0.15, 0.2) is 0 Å². The molecule has 116 valence electrons. The number of likely N-dealkylation sites (N-methyl/N-ethyl adjacent to an activating group) is 1. The van der Waals surface area contributed by atoms with Crippen molar-refractivity contribution in [2.24, 2.45) is 0 Å². The number of ether oxygens (including phenoxy) is 1. The van der Waals surface area contributed by atoms with Crippen LogP contribution < -0.4 is 4.74 Å². The number of nitrogens with zero attached hydrogens (tertiary/aromatic N) is 2. The van der Waals surface area contributed by atoms with Gasteiger partial charge in [-0.2, -0.15) is 0 Å². The summed E-state index contributed by atoms with van der Waals surface area (Å²) in [6, 6.07) is 14.4. The minimum atomic E-state index is 0.675. The van der Waals surface area contributed by atoms with Gasteiger partial charge in [-0.3, -0.25) is 4.98 Å². The van der Waals surface area contributed by atoms with Crippen molar-refractivity contribution in [2.75, 3.05) is 27.2 Å². The molecule has 0 spiro atoms. The van der Waals surface area contributed by atoms with E-state index in [0.717, 1.165) is 39.6 Å². The van der Waals surface area contributed by atoms with Crippen LogP contribution in [0.2, 0.25) is 0 Å². The number of para-hydroxylation sites is 1. The summed E-state index contributed by atoms with van der Waals surface area (Å²) in [5.74, 6) is 0.882. The SMILES string of the molecule is CN(C)CCOc1ccc2ncc3c4ccccc4[nH]c3c2c1. The molecule has 23 heavy (non-hydrogen) atoms. The average Bonchev–Trinajstić information content (AvgIpc) is 2.93. The fourth-order valence-electron chi connectivity index (χ4n) is 2.91. The van der Waals surface area contributed by atoms with Gasteiger partial charge in [-0.15, -0.1) is 0 Å². The van der Waals surface area contributed by atoms with Crippen LogP contribution in [0.1, 0.15) is 0 Å². The number of hydrogen-bond donors (Lipinski definition) is 1. The normalized spacial score (nSPS) is 11.8. The van der Waals surface area contributed by atoms with Crippen LogP contribution in [0.3, 0.4) is 0 Å². The van der Waals surface area contributed by atoms with E-state index < -0.39 is 0 Å². The third-order valence-electron chi connectivity index (χ3n) is 4.12. The topological polar surface area (TPSA) is 41.1 Å². The summed E-state index contributed by atoms with van der Waals surface area (Å²) in [7, 11) is 4.09. The Labute approximate surface area is 134 Å². The van der Waals surface area contributed by atoms with Crippen molar-refractivity contribution in [3.05, 3.63) is 48.7 Å². The molecule has 1 N–H and O–H groups in total. The van der Waals surface area contributed by atoms with E-state index in [0.29, 0.717) is 6.61 Å². The third-order valence-corrected chi connectivity index (χ3v) is 4.12. The second-order valence-corrected chi connectivity index (χ2v) is 6.05. The fraction of sp³-hybridized carbons (Fsp3) is 0.211. The van der Waals surface area contributed by atoms with Crippen molar-refractivity contribution in [2.45, 2.75) is 0 Å². The molecule has 0 aliphatic rings. The summed E-state index contributed by atoms with van der Waals surface area (Å²) < 4.78 is 5.86. The molecule has 0 atom stereocenters. The number of nitrogens with one attached hydrogen (secondary N) is 1. The number of hydrogen-bond acceptors (Lipinski definition) is 3. The van der Waals surface area contributed by atoms with Crippen LogP contribution in [0.15, 0.2) is 48.7 Å². The van der Waals surface area contributed by atoms with E-state index in [2.05, 4.69) is 39.1 Å². The molecular weight excluding hydrogens is 286 g/mol. The van der Waals surface area contributed by atoms with Crippen LogP contribution in [0.25, 0.3) is 32.7 Å². The average molecular weight is 305 g/mol. The third kappa shape index (κ3) is 2.51. The van der Waals surface area contributed by atoms with Crippen LogP contribution in [-0.2, 0) is 0 Å². The maximum atomic E-state index is 5.86. The van der Waals surface area contributed by atoms with Gasteiger partial charge in [0.25, 0.3) is 0 Å². The number of rotatable bonds is 4. The molecule has 0 unspecified atom stereocenters. The van der Waals surface area contributed by atoms with E-state index in [1.165, 1.54) is 5.39 Å². The van der Waals surface area contributed by atoms with Gasteiger partial charge < -0.3 is 14.6 Å². The lowest BCUT2D eigenvalue weighted by Crippen LogP contribution is -2.19. The lowest BCUT2D eigenvalue weighted by molar-refractivity contribution is 0.261. The van der Waals surface area contributed by atoms with Gasteiger partial charge in [-0.05, 0) is 38.4 Å². The van der Waals surface area contributed by atoms with Crippen LogP contribution in [0.5, 0.6) is 5.75 Å². The highest BCUT2D eigenvalue weighted by Crippen LogP contribution is 2.31. The maximum Gasteiger partial charge on any atom is 0.120 e. The number of aromatic nitrogens is 2. The first-order valence-electron chi connectivity index (χ1n) is 7.79. The number of benzene rings is 2. The summed E-state index contributed by atoms with van der Waals surface area (Å²) in [5, 5.41) is 3.45. The van der Waals surface area contributed by atoms with Crippen molar-refractivity contribution < 1.29 is 4.74 Å². The highest BCUT2D eigenvalue weighted by atomic mass is 16.5. The quantitative estimate of drug-likeness (QED) is 0.623. The summed E-state index contributed by atoms with van der Waals surface area (Å²) in [5.41, 5.74) is 3.23. The Morgan fingerprint density at radius 1 is 1.04 bits per heavy atom. The minimum absolute atomic E-state index is 0.675. The van der Waals surface area contributed by atoms with Crippen LogP contribution in [0, 0.1) is 0 Å². The fourth-order valence-corrected chi connectivity index (χ4v) is 2.91. The van der Waals surface area contributed by atoms with Crippen molar-refractivity contribution >= 4 is 32.7 Å². The standard InChI is InChI=1S/C19H19N3O/c1-22(2)9-10-23-13-7-8-17-15(11-13)19-16(12-20-17)14-5-3-4-6-18(14)21-19/h3-8,11-12,21H,9-10H2,1-2H3. The van der Waals surface area contributed by atoms with Gasteiger partial charge in [0.05, 0.1) is 11.0 Å². The number of H-pyrrole nitrogens is 1. The zero-order valence-corrected chi connectivity index (χ0v) is 13.3. The molecule has 0 saturated carbocycles. The number of aromatic amines is 1. The molecule has 0 amide bonds. The molecule has 4 heteroatoms. The van der Waals surface area contributed by atoms with E-state index in [9.17, 15) is 0 Å². The molecule has 0 saturated heterocycles. The molecule has 2 aromatic carbocycles. The zero-order chi connectivity index (χ0) is 15.8. The molecule has 4 rings (SSSR count). The second-order valence-electron chi connectivity index (χ2n) is 6.05. The summed E-state index contributed by atoms with van der Waals surface area (Å²) in [6.07, 6.45) is 1.95. The lowest BCUT2D eigenvalue weighted by atomic mass is 10.1. The Balaban J connectivity index is 1.83. The molecule has 4 nitrogen and oxygen atoms in total. The molecule has 4 aromatic rings. The smallest absolute Gasteiger partial charge is 0.120 e. The molecule has 2 aromatic heterocycles. The highest BCUT2D eigenvalue weighted by molar-refractivity contribution is 6.15. The van der Waals surface area contributed by atoms with Crippen molar-refractivity contribution in [3.63, 3.8) is 0 Å². The van der Waals surface area contributed by atoms with Crippen LogP contribution in [-0.4, -0.2) is 42.1 Å². The largest absolute Gasteiger partial charge is 0.492 e. The van der Waals surface area contributed by atoms with Gasteiger partial charge in [0.2, 0.25) is 0 Å². The van der Waals surface area contributed by atoms with Crippen molar-refractivity contribution in [3.8, 4) is 5.75 Å². The lowest BCUT2D eigenvalue weighted by Gasteiger charge is -2.11. The maximum absolute atomic E-state index is 5.86. The van der Waals surface area contributed by atoms with Gasteiger partial charge in [0, 0.05) is 34.4 Å². The molecule has 2 heterocycles. The van der Waals surface area contributed by atoms with Gasteiger partial charge in [0.1, 0.15) is 12.4 Å². The van der Waals surface area contributed by atoms with Crippen LogP contribution in [0.4, 0.5) is 0 Å². The van der Waals surface area contributed by atoms with Gasteiger partial charge in [-0.1, -0.05) is 18.2 Å². The highest BCUT2D eigenvalue weighted by Gasteiger charge is 2.09. The van der Waals surface area contributed by atoms with Gasteiger partial charge in [-0.25, -0.2) is 0 Å². The monoisotopic (exact) mass is 305 g/mol. The van der Waals surface area contributed by atoms with Crippen molar-refractivity contribution in [1.82, 2.24) is 14.9 Å². The van der Waals surface area contributed by atoms with E-state index >= 15 is 0 Å². The predicted octanol–water partition coefficient (Wildman–Crippen LogP) is 3.81. The summed E-state index contributed by atoms with van der Waals surface area (Å²) >= 11 is 0. The molecule has 0 aliphatic heterocycles. The predicted molar refractivity (Wildman–Crippen MR) is 95.2 cm³/mol. The Morgan fingerprint density at radius 2 is 1.91 bits per heavy atom. The molecule has 0 bridgehead atoms. The molecule has 0 aliphatic carbocycles. The number of pyridine rings is 1. The van der Waals surface area contributed by atoms with Crippen molar-refractivity contribution in [1.29, 1.82) is 0 Å². The summed E-state index contributed by atoms with van der Waals surface area (Å²) in [4.78, 5) is 10.2. The minimum Gasteiger partial charge on any atom is -0.492 e.